The highest BCUT2D eigenvalue weighted by molar-refractivity contribution is 7.21. The van der Waals surface area contributed by atoms with Crippen LogP contribution in [0.4, 0.5) is 11.4 Å². The summed E-state index contributed by atoms with van der Waals surface area (Å²) >= 11 is 0. The molecule has 0 unspecified atom stereocenters. The third-order valence-electron chi connectivity index (χ3n) is 14.7. The van der Waals surface area contributed by atoms with E-state index in [1.54, 1.807) is 0 Å². The second-order valence-electron chi connectivity index (χ2n) is 17.5. The predicted molar refractivity (Wildman–Crippen MR) is 268 cm³/mol. The van der Waals surface area contributed by atoms with E-state index in [0.29, 0.717) is 0 Å². The molecule has 3 aliphatic rings. The molecule has 0 bridgehead atoms. The first kappa shape index (κ1) is 36.8. The van der Waals surface area contributed by atoms with Crippen molar-refractivity contribution in [3.8, 4) is 22.3 Å². The van der Waals surface area contributed by atoms with Gasteiger partial charge in [-0.2, -0.15) is 0 Å². The zero-order chi connectivity index (χ0) is 42.3. The topological polar surface area (TPSA) is 12.0 Å². The van der Waals surface area contributed by atoms with E-state index in [4.69, 9.17) is 0 Å². The van der Waals surface area contributed by atoms with E-state index in [9.17, 15) is 0 Å². The van der Waals surface area contributed by atoms with E-state index in [0.717, 1.165) is 0 Å². The Morgan fingerprint density at radius 1 is 0.266 bits per heavy atom. The molecule has 300 valence electrons. The molecule has 0 radical (unpaired) electrons. The Kier molecular flexibility index (Phi) is 8.13. The van der Waals surface area contributed by atoms with Gasteiger partial charge in [-0.25, -0.2) is 0 Å². The third-order valence-corrected chi connectivity index (χ3v) is 19.6. The van der Waals surface area contributed by atoms with Crippen LogP contribution in [0.5, 0.6) is 0 Å². The van der Waals surface area contributed by atoms with Crippen LogP contribution in [-0.4, -0.2) is 8.07 Å². The highest BCUT2D eigenvalue weighted by Gasteiger charge is 2.52. The van der Waals surface area contributed by atoms with Crippen molar-refractivity contribution < 1.29 is 0 Å². The molecular formula is C62H43NSi. The first-order valence-electron chi connectivity index (χ1n) is 22.4. The van der Waals surface area contributed by atoms with Gasteiger partial charge in [0.05, 0.1) is 10.8 Å². The minimum atomic E-state index is -3.14. The number of benzene rings is 10. The lowest BCUT2D eigenvalue weighted by molar-refractivity contribution is 0.769. The summed E-state index contributed by atoms with van der Waals surface area (Å²) in [6.07, 6.45) is 0. The molecule has 10 aromatic rings. The molecule has 0 amide bonds. The van der Waals surface area contributed by atoms with Crippen molar-refractivity contribution >= 4 is 40.2 Å². The molecule has 0 fully saturated rings. The summed E-state index contributed by atoms with van der Waals surface area (Å²) in [6.45, 7) is 0. The number of hydrogen-bond acceptors (Lipinski definition) is 1. The van der Waals surface area contributed by atoms with Crippen LogP contribution in [-0.2, 0) is 10.8 Å². The summed E-state index contributed by atoms with van der Waals surface area (Å²) in [5.74, 6) is 0. The number of nitrogens with one attached hydrogen (secondary N) is 1. The van der Waals surface area contributed by atoms with E-state index in [2.05, 4.69) is 260 Å². The SMILES string of the molecule is c1ccc(C2(c3ccc4c(c3)[Si](c3ccccc3)(c3ccccc3)c3cc(C5(c6ccccc6)c6ccccc6-c6ccccc65)ccc3N4)c3ccccc3-c3ccccc32)cc1. The second kappa shape index (κ2) is 14.1. The molecule has 1 nitrogen and oxygen atoms in total. The first-order valence-corrected chi connectivity index (χ1v) is 24.4. The maximum atomic E-state index is 4.09. The van der Waals surface area contributed by atoms with Crippen molar-refractivity contribution in [1.82, 2.24) is 0 Å². The van der Waals surface area contributed by atoms with Crippen LogP contribution in [0.3, 0.4) is 0 Å². The summed E-state index contributed by atoms with van der Waals surface area (Å²) in [7, 11) is -3.14. The van der Waals surface area contributed by atoms with E-state index in [1.165, 1.54) is 98.9 Å². The van der Waals surface area contributed by atoms with E-state index < -0.39 is 18.9 Å². The summed E-state index contributed by atoms with van der Waals surface area (Å²) in [5, 5.41) is 9.54. The van der Waals surface area contributed by atoms with Gasteiger partial charge in [0.2, 0.25) is 0 Å². The van der Waals surface area contributed by atoms with Crippen molar-refractivity contribution in [2.75, 3.05) is 5.32 Å². The number of fused-ring (bicyclic) bond motifs is 8. The fourth-order valence-electron chi connectivity index (χ4n) is 12.3. The normalized spacial score (nSPS) is 15.1. The zero-order valence-corrected chi connectivity index (χ0v) is 36.2. The molecule has 13 rings (SSSR count). The molecule has 10 aromatic carbocycles. The average molecular weight is 830 g/mol. The van der Waals surface area contributed by atoms with Gasteiger partial charge in [-0.15, -0.1) is 0 Å². The Bertz CT molecular complexity index is 3090. The summed E-state index contributed by atoms with van der Waals surface area (Å²) in [6, 6.07) is 96.4. The van der Waals surface area contributed by atoms with E-state index in [-0.39, 0.29) is 0 Å². The number of rotatable bonds is 6. The summed E-state index contributed by atoms with van der Waals surface area (Å²) < 4.78 is 0. The maximum absolute atomic E-state index is 4.09. The minimum absolute atomic E-state index is 0.534. The molecule has 2 aliphatic carbocycles. The molecule has 0 saturated carbocycles. The first-order chi connectivity index (χ1) is 31.7. The molecule has 1 N–H and O–H groups in total. The Morgan fingerprint density at radius 3 is 0.906 bits per heavy atom. The quantitative estimate of drug-likeness (QED) is 0.165. The van der Waals surface area contributed by atoms with Crippen LogP contribution in [0.25, 0.3) is 22.3 Å². The number of anilines is 2. The lowest BCUT2D eigenvalue weighted by atomic mass is 9.67. The largest absolute Gasteiger partial charge is 0.356 e. The molecule has 2 heteroatoms. The monoisotopic (exact) mass is 829 g/mol. The van der Waals surface area contributed by atoms with Crippen LogP contribution in [0, 0.1) is 0 Å². The Labute approximate surface area is 376 Å². The molecule has 64 heavy (non-hydrogen) atoms. The standard InChI is InChI=1S/C62H43NSi/c1-5-21-43(22-6-1)61(53-33-17-13-29-49(53)50-30-14-18-34-54(50)61)45-37-39-57-59(41-45)64(47-25-9-3-10-26-47,48-27-11-4-12-28-48)60-42-46(38-40-58(60)63-57)62(44-23-7-2-8-24-44)55-35-19-15-31-51(55)52-32-16-20-36-56(52)62/h1-42,63H. The summed E-state index contributed by atoms with van der Waals surface area (Å²) in [4.78, 5) is 0. The second-order valence-corrected chi connectivity index (χ2v) is 21.3. The van der Waals surface area contributed by atoms with Crippen LogP contribution in [0.1, 0.15) is 44.5 Å². The maximum Gasteiger partial charge on any atom is 0.184 e. The molecule has 0 saturated heterocycles. The van der Waals surface area contributed by atoms with Gasteiger partial charge in [-0.1, -0.05) is 243 Å². The minimum Gasteiger partial charge on any atom is -0.356 e. The van der Waals surface area contributed by atoms with Gasteiger partial charge in [-0.05, 0) is 99.6 Å². The lowest BCUT2D eigenvalue weighted by Crippen LogP contribution is -2.76. The van der Waals surface area contributed by atoms with Gasteiger partial charge < -0.3 is 5.32 Å². The molecule has 1 heterocycles. The molecular weight excluding hydrogens is 787 g/mol. The third kappa shape index (κ3) is 4.83. The Hall–Kier alpha value is -7.78. The van der Waals surface area contributed by atoms with Crippen molar-refractivity contribution in [2.24, 2.45) is 0 Å². The molecule has 0 atom stereocenters. The van der Waals surface area contributed by atoms with Crippen molar-refractivity contribution in [1.29, 1.82) is 0 Å². The van der Waals surface area contributed by atoms with Gasteiger partial charge in [0.25, 0.3) is 0 Å². The smallest absolute Gasteiger partial charge is 0.184 e. The predicted octanol–water partition coefficient (Wildman–Crippen LogP) is 11.8. The van der Waals surface area contributed by atoms with E-state index >= 15 is 0 Å². The lowest BCUT2D eigenvalue weighted by Gasteiger charge is -2.43. The highest BCUT2D eigenvalue weighted by atomic mass is 28.3. The van der Waals surface area contributed by atoms with Crippen LogP contribution in [0.2, 0.25) is 0 Å². The molecule has 1 aliphatic heterocycles. The fraction of sp³-hybridized carbons (Fsp3) is 0.0323. The molecule has 0 spiro atoms. The Morgan fingerprint density at radius 2 is 0.562 bits per heavy atom. The highest BCUT2D eigenvalue weighted by Crippen LogP contribution is 2.58. The average Bonchev–Trinajstić information content (AvgIpc) is 3.85. The number of hydrogen-bond donors (Lipinski definition) is 1. The van der Waals surface area contributed by atoms with Crippen LogP contribution in [0.15, 0.2) is 255 Å². The van der Waals surface area contributed by atoms with Crippen LogP contribution < -0.4 is 26.1 Å². The van der Waals surface area contributed by atoms with Crippen molar-refractivity contribution in [3.63, 3.8) is 0 Å². The van der Waals surface area contributed by atoms with Crippen molar-refractivity contribution in [2.45, 2.75) is 10.8 Å². The summed E-state index contributed by atoms with van der Waals surface area (Å²) in [5.41, 5.74) is 16.8. The fourth-order valence-corrected chi connectivity index (χ4v) is 17.4. The van der Waals surface area contributed by atoms with Gasteiger partial charge in [0.15, 0.2) is 8.07 Å². The van der Waals surface area contributed by atoms with Gasteiger partial charge in [0.1, 0.15) is 0 Å². The van der Waals surface area contributed by atoms with Gasteiger partial charge in [0, 0.05) is 11.4 Å². The van der Waals surface area contributed by atoms with E-state index in [1.807, 2.05) is 0 Å². The zero-order valence-electron chi connectivity index (χ0n) is 35.2. The van der Waals surface area contributed by atoms with Crippen molar-refractivity contribution in [3.05, 3.63) is 299 Å². The molecule has 0 aromatic heterocycles. The Balaban J connectivity index is 1.15. The van der Waals surface area contributed by atoms with Gasteiger partial charge >= 0.3 is 0 Å². The van der Waals surface area contributed by atoms with Crippen LogP contribution >= 0.6 is 0 Å². The van der Waals surface area contributed by atoms with Gasteiger partial charge in [-0.3, -0.25) is 0 Å².